The van der Waals surface area contributed by atoms with E-state index in [0.717, 1.165) is 6.07 Å². The molecule has 35 heavy (non-hydrogen) atoms. The number of aromatic nitrogens is 5. The van der Waals surface area contributed by atoms with E-state index in [9.17, 15) is 18.0 Å². The Kier molecular flexibility index (Phi) is 5.89. The first kappa shape index (κ1) is 22.8. The molecule has 180 valence electrons. The van der Waals surface area contributed by atoms with Crippen molar-refractivity contribution in [2.75, 3.05) is 6.54 Å². The highest BCUT2D eigenvalue weighted by atomic mass is 35.5. The third-order valence-corrected chi connectivity index (χ3v) is 5.74. The van der Waals surface area contributed by atoms with Gasteiger partial charge in [0.05, 0.1) is 28.5 Å². The molecule has 0 saturated carbocycles. The van der Waals surface area contributed by atoms with Gasteiger partial charge in [0.15, 0.2) is 0 Å². The van der Waals surface area contributed by atoms with Crippen LogP contribution in [-0.4, -0.2) is 48.8 Å². The zero-order valence-corrected chi connectivity index (χ0v) is 18.6. The zero-order chi connectivity index (χ0) is 24.6. The third kappa shape index (κ3) is 4.56. The number of benzene rings is 2. The number of carbonyl (C=O) groups excluding carboxylic acids is 1. The molecule has 5 rings (SSSR count). The molecular formula is C22H16ClF3N6O3. The van der Waals surface area contributed by atoms with Crippen LogP contribution in [0, 0.1) is 0 Å². The predicted octanol–water partition coefficient (Wildman–Crippen LogP) is 4.85. The van der Waals surface area contributed by atoms with Crippen molar-refractivity contribution in [1.82, 2.24) is 30.0 Å². The number of hydrogen-bond acceptors (Lipinski definition) is 7. The molecule has 1 aliphatic rings. The van der Waals surface area contributed by atoms with Gasteiger partial charge in [-0.2, -0.15) is 15.2 Å². The van der Waals surface area contributed by atoms with E-state index in [4.69, 9.17) is 16.1 Å². The summed E-state index contributed by atoms with van der Waals surface area (Å²) < 4.78 is 47.9. The Morgan fingerprint density at radius 2 is 1.89 bits per heavy atom. The summed E-state index contributed by atoms with van der Waals surface area (Å²) >= 11 is 6.35. The summed E-state index contributed by atoms with van der Waals surface area (Å²) in [5.74, 6) is -0.776. The van der Waals surface area contributed by atoms with Crippen LogP contribution in [0.5, 0.6) is 5.75 Å². The smallest absolute Gasteiger partial charge is 0.405 e. The van der Waals surface area contributed by atoms with E-state index < -0.39 is 18.2 Å². The van der Waals surface area contributed by atoms with Crippen LogP contribution in [-0.2, 0) is 0 Å². The topological polar surface area (TPSA) is 99.2 Å². The number of alkyl halides is 3. The first-order valence-electron chi connectivity index (χ1n) is 10.5. The lowest BCUT2D eigenvalue weighted by atomic mass is 10.1. The molecule has 1 unspecified atom stereocenters. The van der Waals surface area contributed by atoms with Crippen LogP contribution in [0.25, 0.3) is 17.1 Å². The van der Waals surface area contributed by atoms with Crippen LogP contribution in [0.3, 0.4) is 0 Å². The minimum atomic E-state index is -4.88. The van der Waals surface area contributed by atoms with Crippen molar-refractivity contribution in [3.63, 3.8) is 0 Å². The first-order chi connectivity index (χ1) is 16.8. The molecule has 1 fully saturated rings. The van der Waals surface area contributed by atoms with Crippen LogP contribution in [0.2, 0.25) is 5.02 Å². The van der Waals surface area contributed by atoms with Gasteiger partial charge < -0.3 is 14.2 Å². The number of rotatable bonds is 5. The van der Waals surface area contributed by atoms with Crippen molar-refractivity contribution in [3.05, 3.63) is 71.3 Å². The second kappa shape index (κ2) is 9.02. The molecule has 9 nitrogen and oxygen atoms in total. The number of likely N-dealkylation sites (tertiary alicyclic amines) is 1. The van der Waals surface area contributed by atoms with Crippen LogP contribution < -0.4 is 4.74 Å². The molecule has 4 aromatic rings. The van der Waals surface area contributed by atoms with Gasteiger partial charge in [0.2, 0.25) is 11.7 Å². The summed E-state index contributed by atoms with van der Waals surface area (Å²) in [6, 6.07) is 9.81. The van der Waals surface area contributed by atoms with E-state index in [1.165, 1.54) is 35.4 Å². The van der Waals surface area contributed by atoms with Crippen molar-refractivity contribution in [2.24, 2.45) is 0 Å². The van der Waals surface area contributed by atoms with Crippen LogP contribution in [0.15, 0.2) is 59.4 Å². The van der Waals surface area contributed by atoms with E-state index >= 15 is 0 Å². The summed E-state index contributed by atoms with van der Waals surface area (Å²) in [5.41, 5.74) is 0.626. The molecule has 3 heterocycles. The van der Waals surface area contributed by atoms with Gasteiger partial charge in [-0.3, -0.25) is 4.79 Å². The number of amides is 1. The van der Waals surface area contributed by atoms with Crippen molar-refractivity contribution in [3.8, 4) is 22.8 Å². The van der Waals surface area contributed by atoms with Gasteiger partial charge in [-0.25, -0.2) is 0 Å². The minimum absolute atomic E-state index is 0.0117. The van der Waals surface area contributed by atoms with E-state index in [1.54, 1.807) is 23.1 Å². The summed E-state index contributed by atoms with van der Waals surface area (Å²) in [4.78, 5) is 20.7. The molecule has 1 aliphatic heterocycles. The quantitative estimate of drug-likeness (QED) is 0.383. The highest BCUT2D eigenvalue weighted by molar-refractivity contribution is 6.33. The molecule has 0 aliphatic carbocycles. The lowest BCUT2D eigenvalue weighted by Crippen LogP contribution is -2.31. The first-order valence-corrected chi connectivity index (χ1v) is 10.8. The van der Waals surface area contributed by atoms with Crippen molar-refractivity contribution in [2.45, 2.75) is 25.2 Å². The van der Waals surface area contributed by atoms with E-state index in [-0.39, 0.29) is 28.7 Å². The minimum Gasteiger partial charge on any atom is -0.405 e. The molecule has 1 amide bonds. The lowest BCUT2D eigenvalue weighted by Gasteiger charge is -2.23. The molecule has 0 bridgehead atoms. The van der Waals surface area contributed by atoms with Crippen LogP contribution in [0.4, 0.5) is 13.2 Å². The summed E-state index contributed by atoms with van der Waals surface area (Å²) in [6.07, 6.45) is -0.746. The normalized spacial score (nSPS) is 16.0. The van der Waals surface area contributed by atoms with E-state index in [0.29, 0.717) is 30.1 Å². The van der Waals surface area contributed by atoms with E-state index in [2.05, 4.69) is 25.1 Å². The number of para-hydroxylation sites is 2. The van der Waals surface area contributed by atoms with Crippen molar-refractivity contribution >= 4 is 17.5 Å². The highest BCUT2D eigenvalue weighted by Crippen LogP contribution is 2.37. The van der Waals surface area contributed by atoms with Gasteiger partial charge in [-0.05, 0) is 37.1 Å². The van der Waals surface area contributed by atoms with Crippen molar-refractivity contribution < 1.29 is 27.2 Å². The number of carbonyl (C=O) groups is 1. The Morgan fingerprint density at radius 1 is 1.11 bits per heavy atom. The lowest BCUT2D eigenvalue weighted by molar-refractivity contribution is -0.274. The summed E-state index contributed by atoms with van der Waals surface area (Å²) in [5, 5.41) is 12.3. The number of hydrogen-bond donors (Lipinski definition) is 0. The Balaban J connectivity index is 1.45. The average Bonchev–Trinajstić information content (AvgIpc) is 3.59. The Hall–Kier alpha value is -3.93. The van der Waals surface area contributed by atoms with Gasteiger partial charge in [-0.15, -0.1) is 18.0 Å². The molecule has 1 saturated heterocycles. The maximum Gasteiger partial charge on any atom is 0.573 e. The second-order valence-corrected chi connectivity index (χ2v) is 8.02. The molecule has 0 N–H and O–H groups in total. The number of halogens is 4. The Labute approximate surface area is 201 Å². The molecule has 1 atom stereocenters. The molecule has 2 aromatic carbocycles. The van der Waals surface area contributed by atoms with Crippen LogP contribution in [0.1, 0.15) is 35.1 Å². The van der Waals surface area contributed by atoms with Gasteiger partial charge in [0.25, 0.3) is 5.91 Å². The highest BCUT2D eigenvalue weighted by Gasteiger charge is 2.37. The number of nitrogens with zero attached hydrogens (tertiary/aromatic N) is 6. The van der Waals surface area contributed by atoms with Crippen LogP contribution >= 0.6 is 11.6 Å². The molecular weight excluding hydrogens is 489 g/mol. The molecule has 13 heteroatoms. The Bertz CT molecular complexity index is 1360. The third-order valence-electron chi connectivity index (χ3n) is 5.43. The fraction of sp³-hybridized carbons (Fsp3) is 0.227. The van der Waals surface area contributed by atoms with Gasteiger partial charge in [0, 0.05) is 6.54 Å². The fourth-order valence-electron chi connectivity index (χ4n) is 3.99. The monoisotopic (exact) mass is 504 g/mol. The molecule has 2 aromatic heterocycles. The van der Waals surface area contributed by atoms with E-state index in [1.807, 2.05) is 0 Å². The van der Waals surface area contributed by atoms with Gasteiger partial charge in [0.1, 0.15) is 17.5 Å². The fourth-order valence-corrected chi connectivity index (χ4v) is 4.24. The maximum absolute atomic E-state index is 13.6. The summed E-state index contributed by atoms with van der Waals surface area (Å²) in [7, 11) is 0. The number of ether oxygens (including phenoxy) is 1. The molecule has 0 radical (unpaired) electrons. The average molecular weight is 505 g/mol. The zero-order valence-electron chi connectivity index (χ0n) is 17.8. The van der Waals surface area contributed by atoms with Gasteiger partial charge >= 0.3 is 6.36 Å². The second-order valence-electron chi connectivity index (χ2n) is 7.61. The predicted molar refractivity (Wildman–Crippen MR) is 116 cm³/mol. The standard InChI is InChI=1S/C22H16ClF3N6O3/c23-15-7-3-6-14(18(15)32-27-10-11-28-32)21(33)31-12-4-8-16(31)20-29-19(30-35-20)13-5-1-2-9-17(13)34-22(24,25)26/h1-3,5-7,9-11,16H,4,8,12H2. The van der Waals surface area contributed by atoms with Gasteiger partial charge in [-0.1, -0.05) is 35.0 Å². The van der Waals surface area contributed by atoms with Crippen molar-refractivity contribution in [1.29, 1.82) is 0 Å². The summed E-state index contributed by atoms with van der Waals surface area (Å²) in [6.45, 7) is 0.410. The largest absolute Gasteiger partial charge is 0.573 e. The molecule has 0 spiro atoms. The SMILES string of the molecule is O=C(c1cccc(Cl)c1-n1nccn1)N1CCCC1c1nc(-c2ccccc2OC(F)(F)F)no1. The maximum atomic E-state index is 13.6. The Morgan fingerprint density at radius 3 is 2.66 bits per heavy atom.